The van der Waals surface area contributed by atoms with Crippen LogP contribution in [0, 0.1) is 5.92 Å². The minimum atomic E-state index is -3.47. The third kappa shape index (κ3) is 4.36. The second-order valence-electron chi connectivity index (χ2n) is 6.38. The zero-order valence-corrected chi connectivity index (χ0v) is 17.6. The molecule has 0 unspecified atom stereocenters. The average molecular weight is 457 g/mol. The van der Waals surface area contributed by atoms with Gasteiger partial charge in [-0.2, -0.15) is 4.31 Å². The van der Waals surface area contributed by atoms with E-state index >= 15 is 0 Å². The number of halogens is 1. The van der Waals surface area contributed by atoms with Crippen LogP contribution in [0.15, 0.2) is 50.5 Å². The molecule has 0 bridgehead atoms. The summed E-state index contributed by atoms with van der Waals surface area (Å²) in [6.07, 6.45) is 1.08. The van der Waals surface area contributed by atoms with Crippen molar-refractivity contribution in [3.8, 4) is 0 Å². The molecule has 0 spiro atoms. The van der Waals surface area contributed by atoms with Gasteiger partial charge in [0.05, 0.1) is 9.83 Å². The molecule has 1 amide bonds. The molecule has 3 rings (SSSR count). The maximum absolute atomic E-state index is 12.7. The minimum absolute atomic E-state index is 0.00253. The van der Waals surface area contributed by atoms with Crippen LogP contribution in [0.1, 0.15) is 31.4 Å². The van der Waals surface area contributed by atoms with Gasteiger partial charge in [0.25, 0.3) is 10.0 Å². The van der Waals surface area contributed by atoms with Crippen molar-refractivity contribution in [2.24, 2.45) is 5.92 Å². The molecule has 1 aliphatic heterocycles. The van der Waals surface area contributed by atoms with Gasteiger partial charge in [-0.15, -0.1) is 11.3 Å². The SMILES string of the molecule is C[C@@H](NC(=O)C1CCN(S(=O)(=O)c2ccc(Br)s2)CC1)c1ccccc1. The number of rotatable bonds is 5. The molecule has 5 nitrogen and oxygen atoms in total. The lowest BCUT2D eigenvalue weighted by molar-refractivity contribution is -0.126. The largest absolute Gasteiger partial charge is 0.349 e. The highest BCUT2D eigenvalue weighted by molar-refractivity contribution is 9.11. The van der Waals surface area contributed by atoms with Crippen LogP contribution in [0.4, 0.5) is 0 Å². The van der Waals surface area contributed by atoms with Crippen molar-refractivity contribution >= 4 is 43.2 Å². The number of thiophene rings is 1. The third-order valence-electron chi connectivity index (χ3n) is 4.63. The number of nitrogens with one attached hydrogen (secondary N) is 1. The Balaban J connectivity index is 1.57. The number of sulfonamides is 1. The predicted molar refractivity (Wildman–Crippen MR) is 107 cm³/mol. The van der Waals surface area contributed by atoms with Gasteiger partial charge in [0.1, 0.15) is 4.21 Å². The molecule has 140 valence electrons. The van der Waals surface area contributed by atoms with Gasteiger partial charge in [-0.25, -0.2) is 8.42 Å². The number of piperidine rings is 1. The molecule has 8 heteroatoms. The lowest BCUT2D eigenvalue weighted by Gasteiger charge is -2.30. The number of benzene rings is 1. The molecule has 0 radical (unpaired) electrons. The number of carbonyl (C=O) groups is 1. The molecule has 1 N–H and O–H groups in total. The van der Waals surface area contributed by atoms with Gasteiger partial charge in [-0.1, -0.05) is 30.3 Å². The lowest BCUT2D eigenvalue weighted by Crippen LogP contribution is -2.43. The molecule has 2 heterocycles. The summed E-state index contributed by atoms with van der Waals surface area (Å²) in [6.45, 7) is 2.70. The van der Waals surface area contributed by atoms with E-state index in [0.717, 1.165) is 9.35 Å². The highest BCUT2D eigenvalue weighted by Gasteiger charge is 2.33. The van der Waals surface area contributed by atoms with Crippen LogP contribution in [0.2, 0.25) is 0 Å². The van der Waals surface area contributed by atoms with Crippen molar-refractivity contribution in [3.05, 3.63) is 51.8 Å². The van der Waals surface area contributed by atoms with E-state index in [1.54, 1.807) is 12.1 Å². The molecule has 2 aromatic rings. The van der Waals surface area contributed by atoms with E-state index in [1.165, 1.54) is 15.6 Å². The topological polar surface area (TPSA) is 66.5 Å². The van der Waals surface area contributed by atoms with Crippen molar-refractivity contribution in [2.45, 2.75) is 30.0 Å². The van der Waals surface area contributed by atoms with Gasteiger partial charge in [0.2, 0.25) is 5.91 Å². The maximum Gasteiger partial charge on any atom is 0.252 e. The fraction of sp³-hybridized carbons (Fsp3) is 0.389. The molecule has 0 saturated carbocycles. The Morgan fingerprint density at radius 1 is 1.19 bits per heavy atom. The zero-order chi connectivity index (χ0) is 18.7. The first kappa shape index (κ1) is 19.5. The third-order valence-corrected chi connectivity index (χ3v) is 8.62. The van der Waals surface area contributed by atoms with Crippen molar-refractivity contribution < 1.29 is 13.2 Å². The monoisotopic (exact) mass is 456 g/mol. The molecular formula is C18H21BrN2O3S2. The summed E-state index contributed by atoms with van der Waals surface area (Å²) in [6, 6.07) is 13.1. The first-order valence-corrected chi connectivity index (χ1v) is 11.5. The van der Waals surface area contributed by atoms with Gasteiger partial charge in [-0.3, -0.25) is 4.79 Å². The number of hydrogen-bond donors (Lipinski definition) is 1. The molecular weight excluding hydrogens is 436 g/mol. The summed E-state index contributed by atoms with van der Waals surface area (Å²) in [5.74, 6) is -0.153. The van der Waals surface area contributed by atoms with E-state index in [1.807, 2.05) is 37.3 Å². The highest BCUT2D eigenvalue weighted by Crippen LogP contribution is 2.31. The number of carbonyl (C=O) groups excluding carboxylic acids is 1. The Labute approximate surface area is 166 Å². The van der Waals surface area contributed by atoms with Gasteiger partial charge < -0.3 is 5.32 Å². The Bertz CT molecular complexity index is 860. The minimum Gasteiger partial charge on any atom is -0.349 e. The first-order chi connectivity index (χ1) is 12.4. The van der Waals surface area contributed by atoms with E-state index in [-0.39, 0.29) is 17.9 Å². The Hall–Kier alpha value is -1.22. The van der Waals surface area contributed by atoms with E-state index < -0.39 is 10.0 Å². The van der Waals surface area contributed by atoms with Crippen LogP contribution in [-0.2, 0) is 14.8 Å². The normalized spacial score (nSPS) is 17.8. The van der Waals surface area contributed by atoms with E-state index in [9.17, 15) is 13.2 Å². The van der Waals surface area contributed by atoms with Crippen molar-refractivity contribution in [1.82, 2.24) is 9.62 Å². The van der Waals surface area contributed by atoms with Gasteiger partial charge in [-0.05, 0) is 53.4 Å². The molecule has 0 aliphatic carbocycles. The molecule has 1 aromatic heterocycles. The van der Waals surface area contributed by atoms with Crippen molar-refractivity contribution in [3.63, 3.8) is 0 Å². The van der Waals surface area contributed by atoms with Gasteiger partial charge in [0.15, 0.2) is 0 Å². The fourth-order valence-corrected chi connectivity index (χ4v) is 6.71. The van der Waals surface area contributed by atoms with Crippen LogP contribution in [0.3, 0.4) is 0 Å². The quantitative estimate of drug-likeness (QED) is 0.743. The predicted octanol–water partition coefficient (Wildman–Crippen LogP) is 3.79. The molecule has 26 heavy (non-hydrogen) atoms. The summed E-state index contributed by atoms with van der Waals surface area (Å²) in [5, 5.41) is 3.04. The zero-order valence-electron chi connectivity index (χ0n) is 14.4. The smallest absolute Gasteiger partial charge is 0.252 e. The summed E-state index contributed by atoms with van der Waals surface area (Å²) in [4.78, 5) is 12.5. The van der Waals surface area contributed by atoms with Crippen LogP contribution in [-0.4, -0.2) is 31.7 Å². The summed E-state index contributed by atoms with van der Waals surface area (Å²) >= 11 is 4.51. The maximum atomic E-state index is 12.7. The number of nitrogens with zero attached hydrogens (tertiary/aromatic N) is 1. The molecule has 1 fully saturated rings. The molecule has 1 atom stereocenters. The number of amides is 1. The highest BCUT2D eigenvalue weighted by atomic mass is 79.9. The first-order valence-electron chi connectivity index (χ1n) is 8.49. The van der Waals surface area contributed by atoms with Crippen LogP contribution in [0.25, 0.3) is 0 Å². The van der Waals surface area contributed by atoms with E-state index in [0.29, 0.717) is 30.1 Å². The molecule has 1 aromatic carbocycles. The average Bonchev–Trinajstić information content (AvgIpc) is 3.10. The fourth-order valence-electron chi connectivity index (χ4n) is 3.08. The molecule has 1 saturated heterocycles. The summed E-state index contributed by atoms with van der Waals surface area (Å²) in [7, 11) is -3.47. The standard InChI is InChI=1S/C18H21BrN2O3S2/c1-13(14-5-3-2-4-6-14)20-18(22)15-9-11-21(12-10-15)26(23,24)17-8-7-16(19)25-17/h2-8,13,15H,9-12H2,1H3,(H,20,22)/t13-/m1/s1. The Morgan fingerprint density at radius 3 is 2.42 bits per heavy atom. The Morgan fingerprint density at radius 2 is 1.85 bits per heavy atom. The van der Waals surface area contributed by atoms with Gasteiger partial charge in [0, 0.05) is 19.0 Å². The van der Waals surface area contributed by atoms with Crippen LogP contribution < -0.4 is 5.32 Å². The second kappa shape index (κ2) is 8.21. The van der Waals surface area contributed by atoms with E-state index in [4.69, 9.17) is 0 Å². The van der Waals surface area contributed by atoms with Crippen LogP contribution >= 0.6 is 27.3 Å². The van der Waals surface area contributed by atoms with Crippen molar-refractivity contribution in [1.29, 1.82) is 0 Å². The second-order valence-corrected chi connectivity index (χ2v) is 11.0. The van der Waals surface area contributed by atoms with Crippen molar-refractivity contribution in [2.75, 3.05) is 13.1 Å². The molecule has 1 aliphatic rings. The Kier molecular flexibility index (Phi) is 6.17. The van der Waals surface area contributed by atoms with Crippen LogP contribution in [0.5, 0.6) is 0 Å². The number of hydrogen-bond acceptors (Lipinski definition) is 4. The lowest BCUT2D eigenvalue weighted by atomic mass is 9.96. The summed E-state index contributed by atoms with van der Waals surface area (Å²) in [5.41, 5.74) is 1.06. The van der Waals surface area contributed by atoms with Gasteiger partial charge >= 0.3 is 0 Å². The van der Waals surface area contributed by atoms with E-state index in [2.05, 4.69) is 21.2 Å². The summed E-state index contributed by atoms with van der Waals surface area (Å²) < 4.78 is 27.9.